The van der Waals surface area contributed by atoms with Crippen LogP contribution < -0.4 is 0 Å². The van der Waals surface area contributed by atoms with Gasteiger partial charge in [-0.3, -0.25) is 0 Å². The lowest BCUT2D eigenvalue weighted by Gasteiger charge is -2.37. The number of nitrogens with zero attached hydrogens (tertiary/aromatic N) is 4. The van der Waals surface area contributed by atoms with Crippen LogP contribution in [0.3, 0.4) is 0 Å². The number of hydrogen-bond donors (Lipinski definition) is 0. The van der Waals surface area contributed by atoms with Crippen molar-refractivity contribution in [3.63, 3.8) is 0 Å². The van der Waals surface area contributed by atoms with Crippen LogP contribution >= 0.6 is 11.6 Å². The number of aromatic nitrogens is 1. The minimum atomic E-state index is -0.490. The number of aliphatic imine (C=N–C) groups is 1. The number of rotatable bonds is 2. The van der Waals surface area contributed by atoms with Gasteiger partial charge in [-0.25, -0.2) is 14.8 Å². The summed E-state index contributed by atoms with van der Waals surface area (Å²) in [6.45, 7) is 13.7. The van der Waals surface area contributed by atoms with Crippen LogP contribution in [0.15, 0.2) is 30.0 Å². The fourth-order valence-corrected chi connectivity index (χ4v) is 2.80. The molecular weight excluding hydrogens is 340 g/mol. The minimum Gasteiger partial charge on any atom is -0.444 e. The van der Waals surface area contributed by atoms with Crippen molar-refractivity contribution in [2.24, 2.45) is 4.99 Å². The van der Waals surface area contributed by atoms with Gasteiger partial charge in [-0.05, 0) is 39.3 Å². The Kier molecular flexibility index (Phi) is 6.06. The molecule has 7 heteroatoms. The molecule has 0 aliphatic carbocycles. The van der Waals surface area contributed by atoms with Crippen LogP contribution in [0.1, 0.15) is 31.9 Å². The zero-order valence-electron chi connectivity index (χ0n) is 15.3. The van der Waals surface area contributed by atoms with Gasteiger partial charge in [-0.1, -0.05) is 18.2 Å². The second kappa shape index (κ2) is 7.87. The lowest BCUT2D eigenvalue weighted by Crippen LogP contribution is -2.51. The van der Waals surface area contributed by atoms with E-state index in [1.165, 1.54) is 6.20 Å². The summed E-state index contributed by atoms with van der Waals surface area (Å²) in [5.74, 6) is 0.792. The molecule has 25 heavy (non-hydrogen) atoms. The molecule has 2 rings (SSSR count). The monoisotopic (exact) mass is 364 g/mol. The van der Waals surface area contributed by atoms with E-state index in [4.69, 9.17) is 16.3 Å². The van der Waals surface area contributed by atoms with E-state index < -0.39 is 5.60 Å². The minimum absolute atomic E-state index is 0.279. The number of aryl methyl sites for hydroxylation is 1. The summed E-state index contributed by atoms with van der Waals surface area (Å²) >= 11 is 5.95. The summed E-state index contributed by atoms with van der Waals surface area (Å²) in [7, 11) is 0. The second-order valence-electron chi connectivity index (χ2n) is 6.91. The van der Waals surface area contributed by atoms with Gasteiger partial charge < -0.3 is 14.5 Å². The summed E-state index contributed by atoms with van der Waals surface area (Å²) in [6.07, 6.45) is 2.96. The zero-order chi connectivity index (χ0) is 18.6. The van der Waals surface area contributed by atoms with Crippen molar-refractivity contribution in [1.82, 2.24) is 14.8 Å². The molecule has 0 saturated carbocycles. The van der Waals surface area contributed by atoms with E-state index in [0.29, 0.717) is 31.3 Å². The van der Waals surface area contributed by atoms with E-state index in [1.807, 2.05) is 33.8 Å². The molecule has 1 aromatic rings. The third-order valence-corrected chi connectivity index (χ3v) is 3.97. The molecule has 6 nitrogen and oxygen atoms in total. The lowest BCUT2D eigenvalue weighted by molar-refractivity contribution is 0.0187. The Morgan fingerprint density at radius 3 is 2.44 bits per heavy atom. The van der Waals surface area contributed by atoms with Crippen LogP contribution in [0.2, 0.25) is 5.15 Å². The Bertz CT molecular complexity index is 674. The number of piperazine rings is 1. The van der Waals surface area contributed by atoms with E-state index in [1.54, 1.807) is 11.1 Å². The van der Waals surface area contributed by atoms with Gasteiger partial charge in [0.25, 0.3) is 0 Å². The van der Waals surface area contributed by atoms with Crippen molar-refractivity contribution < 1.29 is 9.53 Å². The molecular formula is C18H25ClN4O2. The maximum absolute atomic E-state index is 12.2. The lowest BCUT2D eigenvalue weighted by atomic mass is 10.1. The standard InChI is InChI=1S/C18H25ClN4O2/c1-6-20-16(14-12-21-15(19)11-13(14)2)22-7-9-23(10-8-22)17(24)25-18(3,4)5/h6,11-12H,1,7-10H2,2-5H3. The average molecular weight is 365 g/mol. The Morgan fingerprint density at radius 2 is 1.92 bits per heavy atom. The highest BCUT2D eigenvalue weighted by atomic mass is 35.5. The van der Waals surface area contributed by atoms with E-state index >= 15 is 0 Å². The molecule has 0 spiro atoms. The van der Waals surface area contributed by atoms with Crippen molar-refractivity contribution in [3.05, 3.63) is 41.3 Å². The number of ether oxygens (including phenoxy) is 1. The molecule has 1 aliphatic rings. The van der Waals surface area contributed by atoms with Gasteiger partial charge in [0, 0.05) is 44.1 Å². The topological polar surface area (TPSA) is 58.0 Å². The first kappa shape index (κ1) is 19.2. The van der Waals surface area contributed by atoms with Crippen molar-refractivity contribution in [3.8, 4) is 0 Å². The molecule has 0 unspecified atom stereocenters. The van der Waals surface area contributed by atoms with Gasteiger partial charge in [0.15, 0.2) is 0 Å². The fraction of sp³-hybridized carbons (Fsp3) is 0.500. The summed E-state index contributed by atoms with van der Waals surface area (Å²) in [5, 5.41) is 0.453. The van der Waals surface area contributed by atoms with Crippen LogP contribution in [0.4, 0.5) is 4.79 Å². The molecule has 0 radical (unpaired) electrons. The van der Waals surface area contributed by atoms with Crippen molar-refractivity contribution in [1.29, 1.82) is 0 Å². The summed E-state index contributed by atoms with van der Waals surface area (Å²) in [6, 6.07) is 1.81. The molecule has 1 aromatic heterocycles. The number of hydrogen-bond acceptors (Lipinski definition) is 4. The fourth-order valence-electron chi connectivity index (χ4n) is 2.59. The summed E-state index contributed by atoms with van der Waals surface area (Å²) in [4.78, 5) is 24.6. The predicted octanol–water partition coefficient (Wildman–Crippen LogP) is 3.49. The van der Waals surface area contributed by atoms with E-state index in [-0.39, 0.29) is 6.09 Å². The van der Waals surface area contributed by atoms with Gasteiger partial charge in [0.05, 0.1) is 0 Å². The molecule has 0 N–H and O–H groups in total. The van der Waals surface area contributed by atoms with Crippen LogP contribution in [-0.2, 0) is 4.74 Å². The Hall–Kier alpha value is -2.08. The molecule has 1 saturated heterocycles. The summed E-state index contributed by atoms with van der Waals surface area (Å²) in [5.41, 5.74) is 1.42. The Labute approximate surface area is 154 Å². The molecule has 0 bridgehead atoms. The molecule has 1 amide bonds. The van der Waals surface area contributed by atoms with Gasteiger partial charge in [-0.15, -0.1) is 0 Å². The van der Waals surface area contributed by atoms with Gasteiger partial charge in [0.1, 0.15) is 16.6 Å². The number of amides is 1. The number of amidine groups is 1. The number of halogens is 1. The van der Waals surface area contributed by atoms with Crippen LogP contribution in [0.5, 0.6) is 0 Å². The quantitative estimate of drug-likeness (QED) is 0.458. The molecule has 136 valence electrons. The Morgan fingerprint density at radius 1 is 1.32 bits per heavy atom. The molecule has 2 heterocycles. The smallest absolute Gasteiger partial charge is 0.410 e. The maximum Gasteiger partial charge on any atom is 0.410 e. The normalized spacial score (nSPS) is 16.0. The molecule has 1 fully saturated rings. The summed E-state index contributed by atoms with van der Waals surface area (Å²) < 4.78 is 5.43. The van der Waals surface area contributed by atoms with Crippen molar-refractivity contribution in [2.45, 2.75) is 33.3 Å². The van der Waals surface area contributed by atoms with E-state index in [9.17, 15) is 4.79 Å². The first-order valence-electron chi connectivity index (χ1n) is 8.25. The highest BCUT2D eigenvalue weighted by Crippen LogP contribution is 2.18. The molecule has 1 aliphatic heterocycles. The second-order valence-corrected chi connectivity index (χ2v) is 7.30. The third kappa shape index (κ3) is 5.19. The predicted molar refractivity (Wildman–Crippen MR) is 100 cm³/mol. The first-order valence-corrected chi connectivity index (χ1v) is 8.63. The number of carbonyl (C=O) groups is 1. The van der Waals surface area contributed by atoms with E-state index in [0.717, 1.165) is 17.0 Å². The zero-order valence-corrected chi connectivity index (χ0v) is 16.0. The largest absolute Gasteiger partial charge is 0.444 e. The van der Waals surface area contributed by atoms with Gasteiger partial charge in [0.2, 0.25) is 0 Å². The van der Waals surface area contributed by atoms with Crippen LogP contribution in [0, 0.1) is 6.92 Å². The van der Waals surface area contributed by atoms with Gasteiger partial charge >= 0.3 is 6.09 Å². The highest BCUT2D eigenvalue weighted by molar-refractivity contribution is 6.29. The van der Waals surface area contributed by atoms with E-state index in [2.05, 4.69) is 21.5 Å². The van der Waals surface area contributed by atoms with Crippen LogP contribution in [-0.4, -0.2) is 58.5 Å². The molecule has 0 aromatic carbocycles. The highest BCUT2D eigenvalue weighted by Gasteiger charge is 2.27. The third-order valence-electron chi connectivity index (χ3n) is 3.76. The van der Waals surface area contributed by atoms with Crippen molar-refractivity contribution >= 4 is 23.5 Å². The number of carbonyl (C=O) groups excluding carboxylic acids is 1. The SMILES string of the molecule is C=CN=C(c1cnc(Cl)cc1C)N1CCN(C(=O)OC(C)(C)C)CC1. The van der Waals surface area contributed by atoms with Crippen molar-refractivity contribution in [2.75, 3.05) is 26.2 Å². The Balaban J connectivity index is 2.10. The van der Waals surface area contributed by atoms with Crippen LogP contribution in [0.25, 0.3) is 0 Å². The first-order chi connectivity index (χ1) is 11.7. The average Bonchev–Trinajstić information content (AvgIpc) is 2.52. The van der Waals surface area contributed by atoms with Gasteiger partial charge in [-0.2, -0.15) is 0 Å². The number of pyridine rings is 1. The maximum atomic E-state index is 12.2. The molecule has 0 atom stereocenters.